The smallest absolute Gasteiger partial charge is 0.0891 e. The highest BCUT2D eigenvalue weighted by Gasteiger charge is 2.30. The Morgan fingerprint density at radius 2 is 2.38 bits per heavy atom. The van der Waals surface area contributed by atoms with Crippen LogP contribution in [0.4, 0.5) is 0 Å². The van der Waals surface area contributed by atoms with Crippen LogP contribution < -0.4 is 0 Å². The molecule has 1 rings (SSSR count). The summed E-state index contributed by atoms with van der Waals surface area (Å²) in [6.45, 7) is 4.22. The van der Waals surface area contributed by atoms with Crippen LogP contribution in [0.5, 0.6) is 0 Å². The topological polar surface area (TPSA) is 9.23 Å². The van der Waals surface area contributed by atoms with Crippen molar-refractivity contribution in [3.05, 3.63) is 11.6 Å². The molecular weight excluding hydrogens is 100 g/mol. The van der Waals surface area contributed by atoms with Gasteiger partial charge in [0.05, 0.1) is 5.60 Å². The lowest BCUT2D eigenvalue weighted by molar-refractivity contribution is 0.0249. The van der Waals surface area contributed by atoms with Crippen LogP contribution in [0.1, 0.15) is 20.3 Å². The largest absolute Gasteiger partial charge is 0.374 e. The molecule has 0 fully saturated rings. The summed E-state index contributed by atoms with van der Waals surface area (Å²) in [5, 5.41) is 0. The van der Waals surface area contributed by atoms with Gasteiger partial charge in [-0.2, -0.15) is 0 Å². The van der Waals surface area contributed by atoms with E-state index in [1.165, 1.54) is 5.57 Å². The lowest BCUT2D eigenvalue weighted by atomic mass is 9.82. The molecule has 0 aromatic rings. The molecule has 1 nitrogen and oxygen atoms in total. The third kappa shape index (κ3) is 0.583. The fourth-order valence-electron chi connectivity index (χ4n) is 0.838. The SMILES string of the molecule is COC1(C)CC=C1C. The van der Waals surface area contributed by atoms with Gasteiger partial charge in [-0.25, -0.2) is 0 Å². The molecule has 0 bridgehead atoms. The van der Waals surface area contributed by atoms with Crippen molar-refractivity contribution in [2.75, 3.05) is 7.11 Å². The standard InChI is InChI=1S/C7H12O/c1-6-4-5-7(6,2)8-3/h4H,5H2,1-3H3. The Balaban J connectivity index is 2.62. The molecule has 0 saturated heterocycles. The highest BCUT2D eigenvalue weighted by molar-refractivity contribution is 5.25. The maximum absolute atomic E-state index is 5.22. The zero-order valence-corrected chi connectivity index (χ0v) is 5.69. The Morgan fingerprint density at radius 1 is 1.75 bits per heavy atom. The number of rotatable bonds is 1. The van der Waals surface area contributed by atoms with E-state index in [9.17, 15) is 0 Å². The first-order valence-electron chi connectivity index (χ1n) is 2.91. The minimum atomic E-state index is 0.0833. The van der Waals surface area contributed by atoms with Crippen LogP contribution in [-0.4, -0.2) is 12.7 Å². The van der Waals surface area contributed by atoms with E-state index in [4.69, 9.17) is 4.74 Å². The predicted octanol–water partition coefficient (Wildman–Crippen LogP) is 1.74. The Morgan fingerprint density at radius 3 is 2.38 bits per heavy atom. The lowest BCUT2D eigenvalue weighted by Crippen LogP contribution is -2.34. The summed E-state index contributed by atoms with van der Waals surface area (Å²) in [7, 11) is 1.76. The third-order valence-electron chi connectivity index (χ3n) is 2.08. The summed E-state index contributed by atoms with van der Waals surface area (Å²) in [6, 6.07) is 0. The molecular formula is C7H12O. The Labute approximate surface area is 50.3 Å². The van der Waals surface area contributed by atoms with E-state index in [1.54, 1.807) is 7.11 Å². The van der Waals surface area contributed by atoms with Gasteiger partial charge < -0.3 is 4.74 Å². The molecule has 0 spiro atoms. The average molecular weight is 112 g/mol. The summed E-state index contributed by atoms with van der Waals surface area (Å²) in [5.74, 6) is 0. The Kier molecular flexibility index (Phi) is 1.16. The maximum atomic E-state index is 5.22. The van der Waals surface area contributed by atoms with Gasteiger partial charge in [0, 0.05) is 7.11 Å². The van der Waals surface area contributed by atoms with Crippen LogP contribution in [-0.2, 0) is 4.74 Å². The van der Waals surface area contributed by atoms with Crippen LogP contribution in [0, 0.1) is 0 Å². The molecule has 8 heavy (non-hydrogen) atoms. The molecule has 46 valence electrons. The van der Waals surface area contributed by atoms with Crippen molar-refractivity contribution in [2.45, 2.75) is 25.9 Å². The molecule has 1 unspecified atom stereocenters. The molecule has 0 heterocycles. The molecule has 1 heteroatoms. The van der Waals surface area contributed by atoms with Gasteiger partial charge in [0.2, 0.25) is 0 Å². The molecule has 0 N–H and O–H groups in total. The first-order valence-corrected chi connectivity index (χ1v) is 2.91. The van der Waals surface area contributed by atoms with Crippen LogP contribution in [0.25, 0.3) is 0 Å². The third-order valence-corrected chi connectivity index (χ3v) is 2.08. The zero-order chi connectivity index (χ0) is 6.20. The number of hydrogen-bond acceptors (Lipinski definition) is 1. The fraction of sp³-hybridized carbons (Fsp3) is 0.714. The van der Waals surface area contributed by atoms with E-state index < -0.39 is 0 Å². The predicted molar refractivity (Wildman–Crippen MR) is 33.8 cm³/mol. The van der Waals surface area contributed by atoms with Gasteiger partial charge in [0.15, 0.2) is 0 Å². The Hall–Kier alpha value is -0.300. The van der Waals surface area contributed by atoms with Crippen molar-refractivity contribution >= 4 is 0 Å². The molecule has 1 aliphatic carbocycles. The van der Waals surface area contributed by atoms with Gasteiger partial charge in [-0.15, -0.1) is 0 Å². The summed E-state index contributed by atoms with van der Waals surface area (Å²) >= 11 is 0. The number of ether oxygens (including phenoxy) is 1. The van der Waals surface area contributed by atoms with Crippen molar-refractivity contribution in [3.63, 3.8) is 0 Å². The molecule has 0 radical (unpaired) electrons. The van der Waals surface area contributed by atoms with Gasteiger partial charge >= 0.3 is 0 Å². The summed E-state index contributed by atoms with van der Waals surface area (Å²) < 4.78 is 5.22. The summed E-state index contributed by atoms with van der Waals surface area (Å²) in [5.41, 5.74) is 1.44. The van der Waals surface area contributed by atoms with Gasteiger partial charge in [-0.1, -0.05) is 6.08 Å². The van der Waals surface area contributed by atoms with Crippen molar-refractivity contribution in [2.24, 2.45) is 0 Å². The quantitative estimate of drug-likeness (QED) is 0.469. The van der Waals surface area contributed by atoms with E-state index in [1.807, 2.05) is 0 Å². The second-order valence-corrected chi connectivity index (χ2v) is 2.53. The van der Waals surface area contributed by atoms with Gasteiger partial charge in [0.1, 0.15) is 0 Å². The number of hydrogen-bond donors (Lipinski definition) is 0. The van der Waals surface area contributed by atoms with E-state index in [0.29, 0.717) is 0 Å². The van der Waals surface area contributed by atoms with E-state index in [2.05, 4.69) is 19.9 Å². The zero-order valence-electron chi connectivity index (χ0n) is 5.69. The summed E-state index contributed by atoms with van der Waals surface area (Å²) in [4.78, 5) is 0. The maximum Gasteiger partial charge on any atom is 0.0891 e. The van der Waals surface area contributed by atoms with Gasteiger partial charge in [-0.3, -0.25) is 0 Å². The minimum Gasteiger partial charge on any atom is -0.374 e. The van der Waals surface area contributed by atoms with Crippen molar-refractivity contribution in [1.82, 2.24) is 0 Å². The highest BCUT2D eigenvalue weighted by atomic mass is 16.5. The molecule has 0 aromatic carbocycles. The second-order valence-electron chi connectivity index (χ2n) is 2.53. The van der Waals surface area contributed by atoms with E-state index in [0.717, 1.165) is 6.42 Å². The first kappa shape index (κ1) is 5.83. The molecule has 0 aromatic heterocycles. The van der Waals surface area contributed by atoms with Crippen LogP contribution in [0.3, 0.4) is 0 Å². The van der Waals surface area contributed by atoms with Crippen molar-refractivity contribution in [1.29, 1.82) is 0 Å². The summed E-state index contributed by atoms with van der Waals surface area (Å²) in [6.07, 6.45) is 3.28. The normalized spacial score (nSPS) is 36.1. The number of methoxy groups -OCH3 is 1. The van der Waals surface area contributed by atoms with Gasteiger partial charge in [0.25, 0.3) is 0 Å². The van der Waals surface area contributed by atoms with E-state index >= 15 is 0 Å². The molecule has 1 atom stereocenters. The Bertz CT molecular complexity index is 126. The molecule has 0 aliphatic heterocycles. The van der Waals surface area contributed by atoms with Crippen LogP contribution in [0.15, 0.2) is 11.6 Å². The lowest BCUT2D eigenvalue weighted by Gasteiger charge is -2.35. The van der Waals surface area contributed by atoms with E-state index in [-0.39, 0.29) is 5.60 Å². The van der Waals surface area contributed by atoms with Crippen molar-refractivity contribution in [3.8, 4) is 0 Å². The highest BCUT2D eigenvalue weighted by Crippen LogP contribution is 2.33. The monoisotopic (exact) mass is 112 g/mol. The first-order chi connectivity index (χ1) is 3.69. The molecule has 1 aliphatic rings. The molecule has 0 saturated carbocycles. The van der Waals surface area contributed by atoms with Gasteiger partial charge in [-0.05, 0) is 25.8 Å². The molecule has 0 amide bonds. The van der Waals surface area contributed by atoms with Crippen LogP contribution in [0.2, 0.25) is 0 Å². The second kappa shape index (κ2) is 1.59. The minimum absolute atomic E-state index is 0.0833. The average Bonchev–Trinajstić information content (AvgIpc) is 1.83. The van der Waals surface area contributed by atoms with Crippen molar-refractivity contribution < 1.29 is 4.74 Å². The van der Waals surface area contributed by atoms with Crippen LogP contribution >= 0.6 is 0 Å². The fourth-order valence-corrected chi connectivity index (χ4v) is 0.838.